The molecule has 0 saturated heterocycles. The van der Waals surface area contributed by atoms with Crippen LogP contribution in [0, 0.1) is 5.82 Å². The van der Waals surface area contributed by atoms with Crippen molar-refractivity contribution in [3.05, 3.63) is 66.2 Å². The predicted molar refractivity (Wildman–Crippen MR) is 136 cm³/mol. The number of hydrogen-bond donors (Lipinski definition) is 1. The third-order valence-electron chi connectivity index (χ3n) is 4.96. The molecule has 1 atom stereocenters. The Bertz CT molecular complexity index is 1290. The van der Waals surface area contributed by atoms with Gasteiger partial charge < -0.3 is 14.6 Å². The standard InChI is InChI=1S/C27H32FN3O6/c1-26(2,3)36-25(34)31(37-27(4,5)6)30(20-10-8-19-16-29-13-12-17(19)14-20)23(24(32)33)18-9-11-21(28)22(15-18)35-7/h8-16,23H,1-7H3,(H,32,33). The minimum Gasteiger partial charge on any atom is -0.494 e. The van der Waals surface area contributed by atoms with E-state index in [1.165, 1.54) is 24.3 Å². The molecule has 37 heavy (non-hydrogen) atoms. The quantitative estimate of drug-likeness (QED) is 0.390. The summed E-state index contributed by atoms with van der Waals surface area (Å²) in [6.07, 6.45) is 2.34. The lowest BCUT2D eigenvalue weighted by atomic mass is 10.0. The molecule has 0 aliphatic carbocycles. The number of carboxylic acid groups (broad SMARTS) is 1. The Morgan fingerprint density at radius 1 is 0.973 bits per heavy atom. The molecule has 0 bridgehead atoms. The average molecular weight is 514 g/mol. The second-order valence-electron chi connectivity index (χ2n) is 10.3. The predicted octanol–water partition coefficient (Wildman–Crippen LogP) is 5.90. The summed E-state index contributed by atoms with van der Waals surface area (Å²) in [5, 5.41) is 14.0. The molecule has 198 valence electrons. The molecular weight excluding hydrogens is 481 g/mol. The number of hydroxylamine groups is 1. The maximum Gasteiger partial charge on any atom is 0.454 e. The molecule has 10 heteroatoms. The van der Waals surface area contributed by atoms with Crippen molar-refractivity contribution < 1.29 is 33.4 Å². The number of methoxy groups -OCH3 is 1. The van der Waals surface area contributed by atoms with Gasteiger partial charge in [0.2, 0.25) is 0 Å². The van der Waals surface area contributed by atoms with Gasteiger partial charge in [0.15, 0.2) is 17.6 Å². The van der Waals surface area contributed by atoms with Crippen LogP contribution in [-0.4, -0.2) is 45.6 Å². The number of halogens is 1. The minimum atomic E-state index is -1.54. The Labute approximate surface area is 215 Å². The van der Waals surface area contributed by atoms with Crippen molar-refractivity contribution in [2.75, 3.05) is 12.1 Å². The van der Waals surface area contributed by atoms with Crippen LogP contribution in [0.25, 0.3) is 10.8 Å². The molecule has 1 unspecified atom stereocenters. The number of pyridine rings is 1. The highest BCUT2D eigenvalue weighted by Crippen LogP contribution is 2.35. The lowest BCUT2D eigenvalue weighted by molar-refractivity contribution is -0.221. The van der Waals surface area contributed by atoms with Gasteiger partial charge >= 0.3 is 12.1 Å². The zero-order chi connectivity index (χ0) is 27.5. The average Bonchev–Trinajstić information content (AvgIpc) is 2.79. The van der Waals surface area contributed by atoms with Crippen LogP contribution in [0.15, 0.2) is 54.9 Å². The van der Waals surface area contributed by atoms with E-state index in [1.807, 2.05) is 0 Å². The van der Waals surface area contributed by atoms with E-state index in [0.29, 0.717) is 5.69 Å². The third-order valence-corrected chi connectivity index (χ3v) is 4.96. The van der Waals surface area contributed by atoms with E-state index in [0.717, 1.165) is 22.0 Å². The molecule has 0 fully saturated rings. The molecule has 1 N–H and O–H groups in total. The molecule has 0 spiro atoms. The van der Waals surface area contributed by atoms with Gasteiger partial charge in [-0.1, -0.05) is 17.3 Å². The number of ether oxygens (including phenoxy) is 2. The van der Waals surface area contributed by atoms with Crippen LogP contribution in [0.5, 0.6) is 5.75 Å². The van der Waals surface area contributed by atoms with E-state index in [2.05, 4.69) is 4.98 Å². The van der Waals surface area contributed by atoms with Crippen LogP contribution in [0.2, 0.25) is 0 Å². The van der Waals surface area contributed by atoms with Crippen molar-refractivity contribution in [2.45, 2.75) is 58.8 Å². The fraction of sp³-hybridized carbons (Fsp3) is 0.370. The molecule has 9 nitrogen and oxygen atoms in total. The number of hydrazine groups is 1. The van der Waals surface area contributed by atoms with Crippen LogP contribution in [0.4, 0.5) is 14.9 Å². The number of carbonyl (C=O) groups is 2. The van der Waals surface area contributed by atoms with Crippen LogP contribution < -0.4 is 9.75 Å². The molecular formula is C27H32FN3O6. The van der Waals surface area contributed by atoms with Gasteiger partial charge in [0.25, 0.3) is 0 Å². The first-order valence-corrected chi connectivity index (χ1v) is 11.6. The van der Waals surface area contributed by atoms with Crippen LogP contribution >= 0.6 is 0 Å². The molecule has 3 rings (SSSR count). The maximum atomic E-state index is 14.2. The molecule has 3 aromatic rings. The normalized spacial score (nSPS) is 12.6. The lowest BCUT2D eigenvalue weighted by Gasteiger charge is -2.41. The Morgan fingerprint density at radius 3 is 2.27 bits per heavy atom. The van der Waals surface area contributed by atoms with Crippen molar-refractivity contribution in [1.29, 1.82) is 0 Å². The number of nitrogens with zero attached hydrogens (tertiary/aromatic N) is 3. The summed E-state index contributed by atoms with van der Waals surface area (Å²) in [7, 11) is 1.28. The number of rotatable bonds is 7. The van der Waals surface area contributed by atoms with E-state index >= 15 is 0 Å². The molecule has 1 aromatic heterocycles. The number of aliphatic carboxylic acids is 1. The largest absolute Gasteiger partial charge is 0.494 e. The van der Waals surface area contributed by atoms with Gasteiger partial charge in [-0.2, -0.15) is 0 Å². The van der Waals surface area contributed by atoms with Gasteiger partial charge in [-0.3, -0.25) is 4.98 Å². The van der Waals surface area contributed by atoms with Crippen molar-refractivity contribution in [1.82, 2.24) is 10.2 Å². The number of aromatic nitrogens is 1. The number of hydrogen-bond acceptors (Lipinski definition) is 7. The lowest BCUT2D eigenvalue weighted by Crippen LogP contribution is -2.54. The zero-order valence-electron chi connectivity index (χ0n) is 22.0. The van der Waals surface area contributed by atoms with Gasteiger partial charge in [-0.05, 0) is 82.8 Å². The molecule has 0 aliphatic heterocycles. The van der Waals surface area contributed by atoms with Crippen molar-refractivity contribution in [2.24, 2.45) is 0 Å². The van der Waals surface area contributed by atoms with Gasteiger partial charge in [-0.15, -0.1) is 0 Å². The molecule has 0 saturated carbocycles. The van der Waals surface area contributed by atoms with Gasteiger partial charge in [-0.25, -0.2) is 23.8 Å². The Hall–Kier alpha value is -3.92. The topological polar surface area (TPSA) is 101 Å². The molecule has 0 aliphatic rings. The van der Waals surface area contributed by atoms with Gasteiger partial charge in [0.1, 0.15) is 5.60 Å². The van der Waals surface area contributed by atoms with E-state index in [9.17, 15) is 19.1 Å². The maximum absolute atomic E-state index is 14.2. The first-order valence-electron chi connectivity index (χ1n) is 11.6. The summed E-state index contributed by atoms with van der Waals surface area (Å²) in [6.45, 7) is 10.2. The highest BCUT2D eigenvalue weighted by molar-refractivity contribution is 5.88. The van der Waals surface area contributed by atoms with Crippen LogP contribution in [0.3, 0.4) is 0 Å². The van der Waals surface area contributed by atoms with Crippen LogP contribution in [-0.2, 0) is 14.4 Å². The van der Waals surface area contributed by atoms with Crippen molar-refractivity contribution in [3.63, 3.8) is 0 Å². The minimum absolute atomic E-state index is 0.145. The fourth-order valence-electron chi connectivity index (χ4n) is 3.54. The SMILES string of the molecule is COc1cc(C(C(=O)O)N(c2ccc3cnccc3c2)N(OC(C)(C)C)C(=O)OC(C)(C)C)ccc1F. The Balaban J connectivity index is 2.30. The van der Waals surface area contributed by atoms with E-state index in [-0.39, 0.29) is 11.3 Å². The Kier molecular flexibility index (Phi) is 7.92. The summed E-state index contributed by atoms with van der Waals surface area (Å²) < 4.78 is 24.9. The third kappa shape index (κ3) is 6.85. The van der Waals surface area contributed by atoms with E-state index in [4.69, 9.17) is 14.3 Å². The first kappa shape index (κ1) is 27.7. The molecule has 2 aromatic carbocycles. The van der Waals surface area contributed by atoms with Gasteiger partial charge in [0, 0.05) is 17.8 Å². The fourth-order valence-corrected chi connectivity index (χ4v) is 3.54. The second kappa shape index (κ2) is 10.6. The summed E-state index contributed by atoms with van der Waals surface area (Å²) >= 11 is 0. The summed E-state index contributed by atoms with van der Waals surface area (Å²) in [5.74, 6) is -2.13. The summed E-state index contributed by atoms with van der Waals surface area (Å²) in [4.78, 5) is 36.4. The van der Waals surface area contributed by atoms with E-state index < -0.39 is 35.1 Å². The highest BCUT2D eigenvalue weighted by atomic mass is 19.1. The Morgan fingerprint density at radius 2 is 1.68 bits per heavy atom. The molecule has 0 radical (unpaired) electrons. The first-order chi connectivity index (χ1) is 17.2. The number of carbonyl (C=O) groups excluding carboxylic acids is 1. The monoisotopic (exact) mass is 513 g/mol. The number of fused-ring (bicyclic) bond motifs is 1. The number of anilines is 1. The van der Waals surface area contributed by atoms with Gasteiger partial charge in [0.05, 0.1) is 18.4 Å². The zero-order valence-corrected chi connectivity index (χ0v) is 22.0. The second-order valence-corrected chi connectivity index (χ2v) is 10.3. The number of benzene rings is 2. The summed E-state index contributed by atoms with van der Waals surface area (Å²) in [6, 6.07) is 9.02. The molecule has 1 amide bonds. The van der Waals surface area contributed by atoms with E-state index in [1.54, 1.807) is 78.2 Å². The highest BCUT2D eigenvalue weighted by Gasteiger charge is 2.40. The number of amides is 1. The van der Waals surface area contributed by atoms with Crippen molar-refractivity contribution >= 4 is 28.5 Å². The van der Waals surface area contributed by atoms with Crippen molar-refractivity contribution in [3.8, 4) is 5.75 Å². The van der Waals surface area contributed by atoms with Crippen LogP contribution in [0.1, 0.15) is 53.1 Å². The summed E-state index contributed by atoms with van der Waals surface area (Å²) in [5.41, 5.74) is -1.38. The smallest absolute Gasteiger partial charge is 0.454 e. The number of carboxylic acids is 1. The molecule has 1 heterocycles.